The lowest BCUT2D eigenvalue weighted by atomic mass is 10.2. The van der Waals surface area contributed by atoms with Crippen LogP contribution in [0.3, 0.4) is 0 Å². The minimum atomic E-state index is -0.389. The molecule has 0 radical (unpaired) electrons. The first-order valence-corrected chi connectivity index (χ1v) is 9.02. The number of nitrogens with zero attached hydrogens (tertiary/aromatic N) is 3. The number of carbonyl (C=O) groups is 1. The number of ether oxygens (including phenoxy) is 1. The van der Waals surface area contributed by atoms with Crippen molar-refractivity contribution in [2.24, 2.45) is 0 Å². The van der Waals surface area contributed by atoms with E-state index < -0.39 is 0 Å². The highest BCUT2D eigenvalue weighted by Crippen LogP contribution is 2.26. The number of urea groups is 1. The number of anilines is 2. The maximum absolute atomic E-state index is 12.3. The Hall–Kier alpha value is -2.71. The number of benzene rings is 1. The quantitative estimate of drug-likeness (QED) is 0.746. The molecule has 8 heteroatoms. The lowest BCUT2D eigenvalue weighted by Crippen LogP contribution is -2.51. The zero-order valence-corrected chi connectivity index (χ0v) is 16.0. The van der Waals surface area contributed by atoms with Gasteiger partial charge in [0, 0.05) is 19.6 Å². The van der Waals surface area contributed by atoms with Gasteiger partial charge in [-0.15, -0.1) is 0 Å². The highest BCUT2D eigenvalue weighted by Gasteiger charge is 2.20. The summed E-state index contributed by atoms with van der Waals surface area (Å²) >= 11 is 0. The van der Waals surface area contributed by atoms with Crippen molar-refractivity contribution < 1.29 is 9.53 Å². The first-order valence-electron chi connectivity index (χ1n) is 9.02. The van der Waals surface area contributed by atoms with Gasteiger partial charge in [-0.1, -0.05) is 6.07 Å². The first kappa shape index (κ1) is 19.1. The number of carbonyl (C=O) groups excluding carboxylic acids is 1. The Kier molecular flexibility index (Phi) is 6.20. The Morgan fingerprint density at radius 1 is 1.30 bits per heavy atom. The van der Waals surface area contributed by atoms with Crippen LogP contribution in [0.5, 0.6) is 5.75 Å². The van der Waals surface area contributed by atoms with Gasteiger partial charge in [-0.05, 0) is 38.6 Å². The number of aryl methyl sites for hydroxylation is 2. The van der Waals surface area contributed by atoms with Crippen LogP contribution in [0, 0.1) is 13.8 Å². The molecule has 2 heterocycles. The molecular formula is C19H26N6O2. The Morgan fingerprint density at radius 3 is 2.89 bits per heavy atom. The van der Waals surface area contributed by atoms with E-state index in [-0.39, 0.29) is 6.03 Å². The number of hydrogen-bond acceptors (Lipinski definition) is 6. The molecule has 1 fully saturated rings. The van der Waals surface area contributed by atoms with Crippen LogP contribution < -0.4 is 20.7 Å². The Bertz CT molecular complexity index is 780. The molecule has 0 bridgehead atoms. The summed E-state index contributed by atoms with van der Waals surface area (Å²) in [7, 11) is 2.10. The number of likely N-dealkylation sites (N-methyl/N-ethyl adjacent to an activating group) is 1. The summed E-state index contributed by atoms with van der Waals surface area (Å²) in [6, 6.07) is 5.64. The summed E-state index contributed by atoms with van der Waals surface area (Å²) in [5, 5.41) is 8.90. The van der Waals surface area contributed by atoms with Crippen LogP contribution in [-0.2, 0) is 0 Å². The molecule has 2 aromatic rings. The van der Waals surface area contributed by atoms with Crippen LogP contribution in [0.25, 0.3) is 0 Å². The van der Waals surface area contributed by atoms with Crippen LogP contribution in [0.2, 0.25) is 0 Å². The van der Waals surface area contributed by atoms with Crippen molar-refractivity contribution in [3.8, 4) is 5.75 Å². The summed E-state index contributed by atoms with van der Waals surface area (Å²) in [6.45, 7) is 7.23. The molecule has 1 aromatic heterocycles. The zero-order chi connectivity index (χ0) is 19.2. The summed E-state index contributed by atoms with van der Waals surface area (Å²) < 4.78 is 6.02. The van der Waals surface area contributed by atoms with Gasteiger partial charge >= 0.3 is 6.03 Å². The highest BCUT2D eigenvalue weighted by atomic mass is 16.5. The fourth-order valence-electron chi connectivity index (χ4n) is 2.83. The largest absolute Gasteiger partial charge is 0.490 e. The molecule has 27 heavy (non-hydrogen) atoms. The molecule has 3 rings (SSSR count). The Morgan fingerprint density at radius 2 is 2.15 bits per heavy atom. The van der Waals surface area contributed by atoms with Crippen molar-refractivity contribution >= 4 is 17.5 Å². The van der Waals surface area contributed by atoms with E-state index in [1.54, 1.807) is 6.20 Å². The van der Waals surface area contributed by atoms with E-state index in [2.05, 4.69) is 37.9 Å². The van der Waals surface area contributed by atoms with Gasteiger partial charge in [0.25, 0.3) is 0 Å². The molecule has 1 aliphatic heterocycles. The molecule has 0 aliphatic carbocycles. The molecule has 1 saturated heterocycles. The third-order valence-corrected chi connectivity index (χ3v) is 4.48. The fraction of sp³-hybridized carbons (Fsp3) is 0.421. The van der Waals surface area contributed by atoms with E-state index in [0.717, 1.165) is 30.9 Å². The van der Waals surface area contributed by atoms with Crippen LogP contribution in [0.15, 0.2) is 30.6 Å². The molecular weight excluding hydrogens is 344 g/mol. The Balaban J connectivity index is 1.64. The summed E-state index contributed by atoms with van der Waals surface area (Å²) in [5.74, 6) is 1.04. The van der Waals surface area contributed by atoms with Crippen molar-refractivity contribution in [2.75, 3.05) is 43.9 Å². The highest BCUT2D eigenvalue weighted by molar-refractivity contribution is 6.00. The topological polar surface area (TPSA) is 91.4 Å². The second-order valence-corrected chi connectivity index (χ2v) is 6.77. The average Bonchev–Trinajstić information content (AvgIpc) is 2.64. The minimum Gasteiger partial charge on any atom is -0.490 e. The van der Waals surface area contributed by atoms with Gasteiger partial charge in [0.15, 0.2) is 5.82 Å². The van der Waals surface area contributed by atoms with Gasteiger partial charge < -0.3 is 15.4 Å². The van der Waals surface area contributed by atoms with Crippen LogP contribution in [0.1, 0.15) is 11.3 Å². The summed E-state index contributed by atoms with van der Waals surface area (Å²) in [6.07, 6.45) is 3.13. The standard InChI is InChI=1S/C19H26N6O2/c1-13-4-5-17(27-12-15-10-20-6-7-25(15)3)16(8-13)23-19(26)24-18-11-21-14(2)9-22-18/h4-5,8-9,11,15,20H,6-7,10,12H2,1-3H3,(H2,22,23,24,26). The maximum Gasteiger partial charge on any atom is 0.324 e. The number of rotatable bonds is 5. The molecule has 2 amide bonds. The third-order valence-electron chi connectivity index (χ3n) is 4.48. The van der Waals surface area contributed by atoms with Crippen molar-refractivity contribution in [2.45, 2.75) is 19.9 Å². The van der Waals surface area contributed by atoms with E-state index in [4.69, 9.17) is 4.74 Å². The van der Waals surface area contributed by atoms with Gasteiger partial charge in [0.2, 0.25) is 0 Å². The normalized spacial score (nSPS) is 17.4. The van der Waals surface area contributed by atoms with Gasteiger partial charge in [0.1, 0.15) is 12.4 Å². The SMILES string of the molecule is Cc1ccc(OCC2CNCCN2C)c(NC(=O)Nc2cnc(C)cn2)c1. The van der Waals surface area contributed by atoms with E-state index in [9.17, 15) is 4.79 Å². The van der Waals surface area contributed by atoms with Crippen LogP contribution in [0.4, 0.5) is 16.3 Å². The van der Waals surface area contributed by atoms with E-state index >= 15 is 0 Å². The fourth-order valence-corrected chi connectivity index (χ4v) is 2.83. The number of nitrogens with one attached hydrogen (secondary N) is 3. The zero-order valence-electron chi connectivity index (χ0n) is 16.0. The second-order valence-electron chi connectivity index (χ2n) is 6.77. The Labute approximate surface area is 159 Å². The lowest BCUT2D eigenvalue weighted by molar-refractivity contribution is 0.136. The third kappa shape index (κ3) is 5.38. The predicted molar refractivity (Wildman–Crippen MR) is 105 cm³/mol. The van der Waals surface area contributed by atoms with Crippen molar-refractivity contribution in [1.29, 1.82) is 0 Å². The minimum absolute atomic E-state index is 0.296. The molecule has 1 aromatic carbocycles. The van der Waals surface area contributed by atoms with Crippen molar-refractivity contribution in [1.82, 2.24) is 20.2 Å². The molecule has 0 spiro atoms. The molecule has 144 valence electrons. The van der Waals surface area contributed by atoms with E-state index in [1.807, 2.05) is 32.0 Å². The van der Waals surface area contributed by atoms with Crippen LogP contribution >= 0.6 is 0 Å². The number of aromatic nitrogens is 2. The molecule has 0 saturated carbocycles. The van der Waals surface area contributed by atoms with Gasteiger partial charge in [-0.2, -0.15) is 0 Å². The van der Waals surface area contributed by atoms with Gasteiger partial charge in [-0.3, -0.25) is 15.2 Å². The molecule has 8 nitrogen and oxygen atoms in total. The molecule has 1 atom stereocenters. The number of amides is 2. The number of piperazine rings is 1. The van der Waals surface area contributed by atoms with Gasteiger partial charge in [0.05, 0.1) is 29.8 Å². The summed E-state index contributed by atoms with van der Waals surface area (Å²) in [4.78, 5) is 22.8. The van der Waals surface area contributed by atoms with Crippen molar-refractivity contribution in [3.63, 3.8) is 0 Å². The van der Waals surface area contributed by atoms with E-state index in [0.29, 0.717) is 29.9 Å². The smallest absolute Gasteiger partial charge is 0.324 e. The average molecular weight is 370 g/mol. The van der Waals surface area contributed by atoms with Crippen LogP contribution in [-0.4, -0.2) is 60.2 Å². The summed E-state index contributed by atoms with van der Waals surface area (Å²) in [5.41, 5.74) is 2.45. The number of hydrogen-bond donors (Lipinski definition) is 3. The monoisotopic (exact) mass is 370 g/mol. The predicted octanol–water partition coefficient (Wildman–Crippen LogP) is 2.02. The van der Waals surface area contributed by atoms with Gasteiger partial charge in [-0.25, -0.2) is 9.78 Å². The molecule has 1 aliphatic rings. The second kappa shape index (κ2) is 8.79. The van der Waals surface area contributed by atoms with E-state index in [1.165, 1.54) is 6.20 Å². The van der Waals surface area contributed by atoms with Crippen molar-refractivity contribution in [3.05, 3.63) is 41.9 Å². The molecule has 3 N–H and O–H groups in total. The maximum atomic E-state index is 12.3. The first-order chi connectivity index (χ1) is 13.0. The lowest BCUT2D eigenvalue weighted by Gasteiger charge is -2.32. The molecule has 1 unspecified atom stereocenters.